The van der Waals surface area contributed by atoms with Gasteiger partial charge in [-0.05, 0) is 32.1 Å². The molecular weight excluding hydrogens is 290 g/mol. The summed E-state index contributed by atoms with van der Waals surface area (Å²) < 4.78 is 0. The van der Waals surface area contributed by atoms with E-state index in [4.69, 9.17) is 5.73 Å². The minimum absolute atomic E-state index is 0. The van der Waals surface area contributed by atoms with Crippen LogP contribution in [0.15, 0.2) is 0 Å². The lowest BCUT2D eigenvalue weighted by Gasteiger charge is -2.20. The highest BCUT2D eigenvalue weighted by Gasteiger charge is 2.27. The van der Waals surface area contributed by atoms with Crippen LogP contribution in [0.4, 0.5) is 0 Å². The van der Waals surface area contributed by atoms with Gasteiger partial charge in [-0.1, -0.05) is 12.8 Å². The maximum absolute atomic E-state index is 12.1. The van der Waals surface area contributed by atoms with E-state index in [0.717, 1.165) is 45.2 Å². The minimum Gasteiger partial charge on any atom is -0.355 e. The van der Waals surface area contributed by atoms with Gasteiger partial charge in [0.2, 0.25) is 11.8 Å². The predicted octanol–water partition coefficient (Wildman–Crippen LogP) is 1.44. The lowest BCUT2D eigenvalue weighted by molar-refractivity contribution is -0.131. The molecule has 122 valence electrons. The molecule has 0 aromatic heterocycles. The van der Waals surface area contributed by atoms with Crippen molar-refractivity contribution < 1.29 is 9.59 Å². The van der Waals surface area contributed by atoms with E-state index >= 15 is 0 Å². The summed E-state index contributed by atoms with van der Waals surface area (Å²) >= 11 is 0. The second-order valence-electron chi connectivity index (χ2n) is 6.11. The molecule has 2 fully saturated rings. The Morgan fingerprint density at radius 1 is 1.10 bits per heavy atom. The van der Waals surface area contributed by atoms with Crippen molar-refractivity contribution in [2.75, 3.05) is 19.6 Å². The molecule has 1 heterocycles. The van der Waals surface area contributed by atoms with Crippen molar-refractivity contribution in [1.82, 2.24) is 10.2 Å². The molecule has 3 N–H and O–H groups in total. The third-order valence-electron chi connectivity index (χ3n) is 4.44. The van der Waals surface area contributed by atoms with Gasteiger partial charge in [-0.15, -0.1) is 12.4 Å². The Morgan fingerprint density at radius 2 is 1.76 bits per heavy atom. The number of nitrogens with two attached hydrogens (primary N) is 1. The van der Waals surface area contributed by atoms with E-state index in [1.165, 1.54) is 12.8 Å². The van der Waals surface area contributed by atoms with Crippen LogP contribution in [-0.2, 0) is 9.59 Å². The molecule has 0 radical (unpaired) electrons. The molecule has 0 aromatic carbocycles. The van der Waals surface area contributed by atoms with E-state index in [2.05, 4.69) is 5.32 Å². The first-order valence-corrected chi connectivity index (χ1v) is 7.98. The summed E-state index contributed by atoms with van der Waals surface area (Å²) in [4.78, 5) is 25.9. The van der Waals surface area contributed by atoms with E-state index in [-0.39, 0.29) is 36.2 Å². The molecule has 21 heavy (non-hydrogen) atoms. The first kappa shape index (κ1) is 18.2. The molecule has 2 atom stereocenters. The molecule has 1 saturated carbocycles. The van der Waals surface area contributed by atoms with E-state index in [1.807, 2.05) is 4.90 Å². The summed E-state index contributed by atoms with van der Waals surface area (Å²) in [6.07, 6.45) is 7.69. The lowest BCUT2D eigenvalue weighted by atomic mass is 10.1. The molecule has 2 rings (SSSR count). The third kappa shape index (κ3) is 5.83. The number of hydrogen-bond donors (Lipinski definition) is 2. The van der Waals surface area contributed by atoms with Gasteiger partial charge in [0, 0.05) is 38.0 Å². The molecule has 5 nitrogen and oxygen atoms in total. The fraction of sp³-hybridized carbons (Fsp3) is 0.867. The molecule has 0 aromatic rings. The van der Waals surface area contributed by atoms with Crippen molar-refractivity contribution in [2.24, 2.45) is 11.7 Å². The Morgan fingerprint density at radius 3 is 2.33 bits per heavy atom. The summed E-state index contributed by atoms with van der Waals surface area (Å²) in [6.45, 7) is 2.22. The first-order valence-electron chi connectivity index (χ1n) is 7.98. The van der Waals surface area contributed by atoms with E-state index < -0.39 is 0 Å². The first-order chi connectivity index (χ1) is 9.66. The zero-order chi connectivity index (χ0) is 14.4. The van der Waals surface area contributed by atoms with Gasteiger partial charge in [0.1, 0.15) is 0 Å². The molecular formula is C15H28ClN3O2. The Kier molecular flexibility index (Phi) is 8.04. The molecule has 2 unspecified atom stereocenters. The summed E-state index contributed by atoms with van der Waals surface area (Å²) in [6, 6.07) is 0.171. The van der Waals surface area contributed by atoms with Gasteiger partial charge in [-0.2, -0.15) is 0 Å². The average molecular weight is 318 g/mol. The maximum atomic E-state index is 12.1. The number of likely N-dealkylation sites (tertiary alicyclic amines) is 1. The standard InChI is InChI=1S/C15H27N3O2.ClH/c16-13-6-5-12(11-13)15(20)17-8-7-14(19)18-9-3-1-2-4-10-18;/h12-13H,1-11,16H2,(H,17,20);1H. The molecule has 2 amide bonds. The Bertz CT molecular complexity index is 344. The van der Waals surface area contributed by atoms with Crippen LogP contribution in [0.25, 0.3) is 0 Å². The summed E-state index contributed by atoms with van der Waals surface area (Å²) in [7, 11) is 0. The number of nitrogens with zero attached hydrogens (tertiary/aromatic N) is 1. The van der Waals surface area contributed by atoms with Gasteiger partial charge in [-0.25, -0.2) is 0 Å². The number of halogens is 1. The van der Waals surface area contributed by atoms with Gasteiger partial charge in [-0.3, -0.25) is 9.59 Å². The van der Waals surface area contributed by atoms with E-state index in [0.29, 0.717) is 13.0 Å². The molecule has 2 aliphatic rings. The van der Waals surface area contributed by atoms with Crippen LogP contribution in [0.3, 0.4) is 0 Å². The second kappa shape index (κ2) is 9.26. The highest BCUT2D eigenvalue weighted by molar-refractivity contribution is 5.85. The molecule has 1 aliphatic carbocycles. The molecule has 0 spiro atoms. The normalized spacial score (nSPS) is 25.9. The van der Waals surface area contributed by atoms with Crippen LogP contribution in [0.1, 0.15) is 51.4 Å². The summed E-state index contributed by atoms with van der Waals surface area (Å²) in [5.41, 5.74) is 5.81. The van der Waals surface area contributed by atoms with Crippen LogP contribution < -0.4 is 11.1 Å². The fourth-order valence-corrected chi connectivity index (χ4v) is 3.17. The van der Waals surface area contributed by atoms with Gasteiger partial charge in [0.15, 0.2) is 0 Å². The van der Waals surface area contributed by atoms with Crippen LogP contribution in [0, 0.1) is 5.92 Å². The predicted molar refractivity (Wildman–Crippen MR) is 85.2 cm³/mol. The van der Waals surface area contributed by atoms with Crippen molar-refractivity contribution in [2.45, 2.75) is 57.4 Å². The van der Waals surface area contributed by atoms with Crippen molar-refractivity contribution in [1.29, 1.82) is 0 Å². The van der Waals surface area contributed by atoms with Gasteiger partial charge in [0.05, 0.1) is 0 Å². The number of nitrogens with one attached hydrogen (secondary N) is 1. The Labute approximate surface area is 133 Å². The highest BCUT2D eigenvalue weighted by atomic mass is 35.5. The van der Waals surface area contributed by atoms with Crippen molar-refractivity contribution in [3.05, 3.63) is 0 Å². The number of carbonyl (C=O) groups excluding carboxylic acids is 2. The maximum Gasteiger partial charge on any atom is 0.224 e. The van der Waals surface area contributed by atoms with Crippen molar-refractivity contribution in [3.8, 4) is 0 Å². The molecule has 0 bridgehead atoms. The number of amides is 2. The second-order valence-corrected chi connectivity index (χ2v) is 6.11. The SMILES string of the molecule is Cl.NC1CCC(C(=O)NCCC(=O)N2CCCCCC2)C1. The number of rotatable bonds is 4. The van der Waals surface area contributed by atoms with Gasteiger partial charge < -0.3 is 16.0 Å². The minimum atomic E-state index is 0. The monoisotopic (exact) mass is 317 g/mol. The summed E-state index contributed by atoms with van der Waals surface area (Å²) in [5, 5.41) is 2.89. The zero-order valence-corrected chi connectivity index (χ0v) is 13.5. The average Bonchev–Trinajstić information content (AvgIpc) is 2.71. The molecule has 1 aliphatic heterocycles. The van der Waals surface area contributed by atoms with Gasteiger partial charge >= 0.3 is 0 Å². The third-order valence-corrected chi connectivity index (χ3v) is 4.44. The molecule has 6 heteroatoms. The van der Waals surface area contributed by atoms with Crippen LogP contribution in [0.2, 0.25) is 0 Å². The van der Waals surface area contributed by atoms with E-state index in [9.17, 15) is 9.59 Å². The fourth-order valence-electron chi connectivity index (χ4n) is 3.17. The lowest BCUT2D eigenvalue weighted by Crippen LogP contribution is -2.36. The van der Waals surface area contributed by atoms with Crippen molar-refractivity contribution >= 4 is 24.2 Å². The number of carbonyl (C=O) groups is 2. The molecule has 1 saturated heterocycles. The van der Waals surface area contributed by atoms with Crippen molar-refractivity contribution in [3.63, 3.8) is 0 Å². The Balaban J connectivity index is 0.00000220. The highest BCUT2D eigenvalue weighted by Crippen LogP contribution is 2.23. The largest absolute Gasteiger partial charge is 0.355 e. The zero-order valence-electron chi connectivity index (χ0n) is 12.7. The summed E-state index contributed by atoms with van der Waals surface area (Å²) in [5.74, 6) is 0.301. The van der Waals surface area contributed by atoms with E-state index in [1.54, 1.807) is 0 Å². The quantitative estimate of drug-likeness (QED) is 0.824. The Hall–Kier alpha value is -0.810. The van der Waals surface area contributed by atoms with Crippen LogP contribution >= 0.6 is 12.4 Å². The van der Waals surface area contributed by atoms with Crippen LogP contribution in [0.5, 0.6) is 0 Å². The topological polar surface area (TPSA) is 75.4 Å². The van der Waals surface area contributed by atoms with Gasteiger partial charge in [0.25, 0.3) is 0 Å². The number of hydrogen-bond acceptors (Lipinski definition) is 3. The van der Waals surface area contributed by atoms with Crippen LogP contribution in [-0.4, -0.2) is 42.4 Å². The smallest absolute Gasteiger partial charge is 0.224 e.